The second-order valence-electron chi connectivity index (χ2n) is 13.0. The lowest BCUT2D eigenvalue weighted by Crippen LogP contribution is -2.54. The van der Waals surface area contributed by atoms with E-state index in [-0.39, 0.29) is 37.2 Å². The zero-order valence-electron chi connectivity index (χ0n) is 32.3. The normalized spacial score (nSPS) is 12.0. The average molecular weight is 828 g/mol. The molecule has 8 amide bonds. The summed E-state index contributed by atoms with van der Waals surface area (Å²) in [6.07, 6.45) is 0.395. The standard InChI is InChI=1S/C37H50FN11O10/c1-2-3-8-28(50)47-25(13-14-33(55)56)35(58)44-18-30(52)42-17-29(51)43-19-31(53)49-27(16-22-6-4-5-7-24(22)38)36(59)45-20-32(54)48-26(34(39)57)15-21-9-11-23(12-10-21)46-37(40)41/h4-7,9-12,25-27H,2-3,8,13-20H2,1H3,(H2,39,57)(H,42,52)(H,43,51)(H,44,58)(H,45,59)(H,47,50)(H,48,54)(H,49,53)(H,55,56)(H4,40,41,46)/t25-,26-,27-/m0/s1. The highest BCUT2D eigenvalue weighted by Crippen LogP contribution is 2.14. The Morgan fingerprint density at radius 3 is 1.73 bits per heavy atom. The maximum Gasteiger partial charge on any atom is 0.303 e. The molecule has 0 fully saturated rings. The van der Waals surface area contributed by atoms with Crippen LogP contribution in [0.1, 0.15) is 50.2 Å². The third kappa shape index (κ3) is 19.5. The third-order valence-corrected chi connectivity index (χ3v) is 8.14. The molecule has 0 unspecified atom stereocenters. The van der Waals surface area contributed by atoms with Crippen LogP contribution >= 0.6 is 0 Å². The van der Waals surface area contributed by atoms with Gasteiger partial charge in [-0.25, -0.2) is 9.38 Å². The minimum absolute atomic E-state index is 0.00814. The van der Waals surface area contributed by atoms with Crippen LogP contribution in [0.3, 0.4) is 0 Å². The molecule has 2 rings (SSSR count). The number of benzene rings is 2. The quantitative estimate of drug-likeness (QED) is 0.0352. The molecule has 2 aromatic rings. The van der Waals surface area contributed by atoms with Crippen molar-refractivity contribution in [2.45, 2.75) is 70.0 Å². The van der Waals surface area contributed by atoms with Crippen molar-refractivity contribution < 1.29 is 52.6 Å². The molecular weight excluding hydrogens is 777 g/mol. The molecule has 21 nitrogen and oxygen atoms in total. The van der Waals surface area contributed by atoms with E-state index in [2.05, 4.69) is 42.2 Å². The van der Waals surface area contributed by atoms with Gasteiger partial charge in [0.15, 0.2) is 5.96 Å². The van der Waals surface area contributed by atoms with Crippen molar-refractivity contribution in [2.75, 3.05) is 26.2 Å². The first-order valence-electron chi connectivity index (χ1n) is 18.4. The largest absolute Gasteiger partial charge is 0.481 e. The lowest BCUT2D eigenvalue weighted by atomic mass is 10.0. The molecule has 0 spiro atoms. The van der Waals surface area contributed by atoms with Gasteiger partial charge >= 0.3 is 5.97 Å². The predicted molar refractivity (Wildman–Crippen MR) is 209 cm³/mol. The van der Waals surface area contributed by atoms with Gasteiger partial charge in [-0.2, -0.15) is 0 Å². The van der Waals surface area contributed by atoms with E-state index in [0.29, 0.717) is 17.7 Å². The number of aliphatic imine (C=N–C) groups is 1. The number of carbonyl (C=O) groups excluding carboxylic acids is 8. The maximum absolute atomic E-state index is 14.5. The molecule has 14 N–H and O–H groups in total. The number of carbonyl (C=O) groups is 9. The van der Waals surface area contributed by atoms with E-state index >= 15 is 0 Å². The molecule has 0 aliphatic rings. The molecule has 0 saturated heterocycles. The van der Waals surface area contributed by atoms with Gasteiger partial charge in [0.1, 0.15) is 23.9 Å². The summed E-state index contributed by atoms with van der Waals surface area (Å²) in [6.45, 7) is -0.747. The van der Waals surface area contributed by atoms with Gasteiger partial charge in [-0.05, 0) is 42.2 Å². The van der Waals surface area contributed by atoms with E-state index in [1.165, 1.54) is 18.2 Å². The maximum atomic E-state index is 14.5. The zero-order chi connectivity index (χ0) is 43.9. The smallest absolute Gasteiger partial charge is 0.303 e. The fraction of sp³-hybridized carbons (Fsp3) is 0.405. The summed E-state index contributed by atoms with van der Waals surface area (Å²) in [5, 5.41) is 25.3. The number of primary amides is 1. The van der Waals surface area contributed by atoms with E-state index in [4.69, 9.17) is 22.3 Å². The number of nitrogens with one attached hydrogen (secondary N) is 7. The molecule has 0 heterocycles. The molecule has 0 aromatic heterocycles. The van der Waals surface area contributed by atoms with Crippen LogP contribution in [0.15, 0.2) is 53.5 Å². The number of hydrogen-bond donors (Lipinski definition) is 11. The Kier molecular flexibility index (Phi) is 20.5. The topological polar surface area (TPSA) is 348 Å². The van der Waals surface area contributed by atoms with Crippen molar-refractivity contribution in [2.24, 2.45) is 22.2 Å². The number of rotatable bonds is 25. The number of aliphatic carboxylic acids is 1. The second kappa shape index (κ2) is 25.2. The van der Waals surface area contributed by atoms with Crippen LogP contribution in [0.25, 0.3) is 0 Å². The molecule has 0 saturated carbocycles. The van der Waals surface area contributed by atoms with Crippen LogP contribution in [0.2, 0.25) is 0 Å². The zero-order valence-corrected chi connectivity index (χ0v) is 32.3. The Morgan fingerprint density at radius 2 is 1.17 bits per heavy atom. The second-order valence-corrected chi connectivity index (χ2v) is 13.0. The minimum Gasteiger partial charge on any atom is -0.481 e. The summed E-state index contributed by atoms with van der Waals surface area (Å²) >= 11 is 0. The van der Waals surface area contributed by atoms with Crippen molar-refractivity contribution in [1.82, 2.24) is 37.2 Å². The number of unbranched alkanes of at least 4 members (excludes halogenated alkanes) is 1. The Hall–Kier alpha value is -7.13. The van der Waals surface area contributed by atoms with Crippen LogP contribution in [-0.4, -0.2) is 109 Å². The number of guanidine groups is 1. The van der Waals surface area contributed by atoms with E-state index in [0.717, 1.165) is 12.5 Å². The van der Waals surface area contributed by atoms with Gasteiger partial charge in [-0.3, -0.25) is 43.2 Å². The lowest BCUT2D eigenvalue weighted by Gasteiger charge is -2.20. The first kappa shape index (κ1) is 48.0. The summed E-state index contributed by atoms with van der Waals surface area (Å²) in [4.78, 5) is 115. The van der Waals surface area contributed by atoms with Gasteiger partial charge in [0, 0.05) is 25.7 Å². The van der Waals surface area contributed by atoms with Crippen LogP contribution in [-0.2, 0) is 56.0 Å². The van der Waals surface area contributed by atoms with Gasteiger partial charge in [-0.1, -0.05) is 43.7 Å². The SMILES string of the molecule is CCCCC(=O)N[C@@H](CCC(=O)O)C(=O)NCC(=O)NCC(=O)NCC(=O)N[C@@H](Cc1ccccc1F)C(=O)NCC(=O)N[C@@H](Cc1ccc(N=C(N)N)cc1)C(N)=O. The molecule has 3 atom stereocenters. The number of hydrogen-bond acceptors (Lipinski definition) is 10. The summed E-state index contributed by atoms with van der Waals surface area (Å²) < 4.78 is 14.5. The molecule has 22 heteroatoms. The summed E-state index contributed by atoms with van der Waals surface area (Å²) in [5.41, 5.74) is 17.3. The van der Waals surface area contributed by atoms with Gasteiger partial charge < -0.3 is 59.5 Å². The Balaban J connectivity index is 1.92. The fourth-order valence-electron chi connectivity index (χ4n) is 5.10. The molecule has 2 aromatic carbocycles. The molecule has 0 aliphatic heterocycles. The van der Waals surface area contributed by atoms with E-state index in [9.17, 15) is 47.5 Å². The van der Waals surface area contributed by atoms with Gasteiger partial charge in [0.2, 0.25) is 47.3 Å². The van der Waals surface area contributed by atoms with Gasteiger partial charge in [0.05, 0.1) is 31.9 Å². The lowest BCUT2D eigenvalue weighted by molar-refractivity contribution is -0.138. The number of nitrogens with two attached hydrogens (primary N) is 3. The monoisotopic (exact) mass is 827 g/mol. The number of carboxylic acids is 1. The third-order valence-electron chi connectivity index (χ3n) is 8.14. The number of nitrogens with zero attached hydrogens (tertiary/aromatic N) is 1. The Bertz CT molecular complexity index is 1860. The highest BCUT2D eigenvalue weighted by atomic mass is 19.1. The van der Waals surface area contributed by atoms with E-state index < -0.39 is 110 Å². The highest BCUT2D eigenvalue weighted by molar-refractivity contribution is 5.95. The van der Waals surface area contributed by atoms with Crippen LogP contribution in [0.5, 0.6) is 0 Å². The summed E-state index contributed by atoms with van der Waals surface area (Å²) in [6, 6.07) is 8.01. The van der Waals surface area contributed by atoms with Gasteiger partial charge in [-0.15, -0.1) is 0 Å². The van der Waals surface area contributed by atoms with Crippen LogP contribution in [0.4, 0.5) is 10.1 Å². The first-order valence-corrected chi connectivity index (χ1v) is 18.4. The van der Waals surface area contributed by atoms with Crippen molar-refractivity contribution in [1.29, 1.82) is 0 Å². The van der Waals surface area contributed by atoms with E-state index in [1.54, 1.807) is 24.3 Å². The molecule has 0 radical (unpaired) electrons. The first-order chi connectivity index (χ1) is 28.0. The van der Waals surface area contributed by atoms with E-state index in [1.807, 2.05) is 6.92 Å². The van der Waals surface area contributed by atoms with Gasteiger partial charge in [0.25, 0.3) is 0 Å². The summed E-state index contributed by atoms with van der Waals surface area (Å²) in [7, 11) is 0. The van der Waals surface area contributed by atoms with Crippen molar-refractivity contribution >= 4 is 64.9 Å². The molecular formula is C37H50FN11O10. The molecule has 0 aliphatic carbocycles. The number of amides is 8. The van der Waals surface area contributed by atoms with Crippen LogP contribution < -0.4 is 54.4 Å². The number of halogens is 1. The van der Waals surface area contributed by atoms with Crippen LogP contribution in [0, 0.1) is 5.82 Å². The Labute approximate surface area is 338 Å². The average Bonchev–Trinajstić information content (AvgIpc) is 3.18. The predicted octanol–water partition coefficient (Wildman–Crippen LogP) is -3.02. The molecule has 59 heavy (non-hydrogen) atoms. The molecule has 320 valence electrons. The summed E-state index contributed by atoms with van der Waals surface area (Å²) in [5.74, 6) is -8.43. The highest BCUT2D eigenvalue weighted by Gasteiger charge is 2.25. The molecule has 0 bridgehead atoms. The number of carboxylic acid groups (broad SMARTS) is 1. The fourth-order valence-corrected chi connectivity index (χ4v) is 5.10. The Morgan fingerprint density at radius 1 is 0.644 bits per heavy atom. The van der Waals surface area contributed by atoms with Crippen molar-refractivity contribution in [3.8, 4) is 0 Å². The minimum atomic E-state index is -1.45. The van der Waals surface area contributed by atoms with Crippen molar-refractivity contribution in [3.05, 3.63) is 65.5 Å². The van der Waals surface area contributed by atoms with Crippen molar-refractivity contribution in [3.63, 3.8) is 0 Å².